The van der Waals surface area contributed by atoms with Crippen LogP contribution in [-0.2, 0) is 11.4 Å². The van der Waals surface area contributed by atoms with Crippen molar-refractivity contribution in [1.29, 1.82) is 0 Å². The highest BCUT2D eigenvalue weighted by Crippen LogP contribution is 2.31. The van der Waals surface area contributed by atoms with Gasteiger partial charge < -0.3 is 24.4 Å². The van der Waals surface area contributed by atoms with Crippen molar-refractivity contribution in [2.75, 3.05) is 53.4 Å². The second-order valence-electron chi connectivity index (χ2n) is 12.3. The topological polar surface area (TPSA) is 81.6 Å². The molecule has 2 fully saturated rings. The Labute approximate surface area is 302 Å². The molecule has 2 saturated heterocycles. The van der Waals surface area contributed by atoms with E-state index in [1.54, 1.807) is 42.4 Å². The first-order valence-electron chi connectivity index (χ1n) is 16.1. The molecule has 5 rings (SSSR count). The fourth-order valence-corrected chi connectivity index (χ4v) is 7.39. The molecular formula is C35H40Cl4N6O3. The minimum atomic E-state index is -0.246. The third-order valence-electron chi connectivity index (χ3n) is 8.98. The standard InChI is InChI=1S/C35H40Cl4N6O3/c1-42(34(46)26-17-27(36)20-28(37)18-26)23-33(41-48-2)30(25-6-7-31(38)32(39)19-25)10-16-43-14-8-29(9-15-43)45-13-4-12-44(35(45)47)22-24-5-3-11-40-21-24/h3,5-7,11,17-21,29-30H,4,8-10,12-16,22-23H2,1-2H3/b41-33+. The zero-order valence-electron chi connectivity index (χ0n) is 27.1. The number of carbonyl (C=O) groups is 2. The van der Waals surface area contributed by atoms with Crippen LogP contribution < -0.4 is 0 Å². The van der Waals surface area contributed by atoms with Crippen molar-refractivity contribution >= 4 is 64.1 Å². The van der Waals surface area contributed by atoms with Crippen molar-refractivity contribution in [3.8, 4) is 0 Å². The predicted octanol–water partition coefficient (Wildman–Crippen LogP) is 7.74. The van der Waals surface area contributed by atoms with Crippen molar-refractivity contribution in [2.24, 2.45) is 5.16 Å². The van der Waals surface area contributed by atoms with Gasteiger partial charge in [0.15, 0.2) is 0 Å². The fraction of sp³-hybridized carbons (Fsp3) is 0.429. The fourth-order valence-electron chi connectivity index (χ4n) is 6.56. The Balaban J connectivity index is 1.24. The highest BCUT2D eigenvalue weighted by atomic mass is 35.5. The first kappa shape index (κ1) is 36.2. The lowest BCUT2D eigenvalue weighted by Gasteiger charge is -2.43. The number of benzene rings is 2. The number of halogens is 4. The molecule has 2 aromatic carbocycles. The van der Waals surface area contributed by atoms with Crippen LogP contribution in [0.4, 0.5) is 4.79 Å². The normalized spacial score (nSPS) is 17.0. The summed E-state index contributed by atoms with van der Waals surface area (Å²) in [5.41, 5.74) is 3.02. The zero-order valence-corrected chi connectivity index (χ0v) is 30.1. The number of hydrogen-bond acceptors (Lipinski definition) is 6. The van der Waals surface area contributed by atoms with E-state index in [2.05, 4.69) is 19.9 Å². The Morgan fingerprint density at radius 3 is 2.44 bits per heavy atom. The number of nitrogens with zero attached hydrogens (tertiary/aromatic N) is 6. The Hall–Kier alpha value is -3.08. The second-order valence-corrected chi connectivity index (χ2v) is 14.0. The van der Waals surface area contributed by atoms with E-state index in [1.807, 2.05) is 35.4 Å². The van der Waals surface area contributed by atoms with E-state index >= 15 is 0 Å². The van der Waals surface area contributed by atoms with Crippen LogP contribution in [0.5, 0.6) is 0 Å². The minimum absolute atomic E-state index is 0.113. The van der Waals surface area contributed by atoms with Gasteiger partial charge in [0.1, 0.15) is 7.11 Å². The highest BCUT2D eigenvalue weighted by molar-refractivity contribution is 6.42. The lowest BCUT2D eigenvalue weighted by molar-refractivity contribution is 0.0760. The van der Waals surface area contributed by atoms with E-state index < -0.39 is 0 Å². The van der Waals surface area contributed by atoms with Crippen LogP contribution in [0, 0.1) is 0 Å². The number of hydrogen-bond donors (Lipinski definition) is 0. The number of urea groups is 1. The maximum Gasteiger partial charge on any atom is 0.320 e. The molecule has 3 heterocycles. The summed E-state index contributed by atoms with van der Waals surface area (Å²) in [4.78, 5) is 44.4. The maximum absolute atomic E-state index is 13.5. The molecule has 1 unspecified atom stereocenters. The van der Waals surface area contributed by atoms with Gasteiger partial charge >= 0.3 is 6.03 Å². The van der Waals surface area contributed by atoms with Gasteiger partial charge in [0.2, 0.25) is 0 Å². The van der Waals surface area contributed by atoms with Crippen LogP contribution in [0.25, 0.3) is 0 Å². The molecule has 48 heavy (non-hydrogen) atoms. The van der Waals surface area contributed by atoms with Gasteiger partial charge in [-0.25, -0.2) is 4.79 Å². The quantitative estimate of drug-likeness (QED) is 0.141. The van der Waals surface area contributed by atoms with Crippen molar-refractivity contribution in [2.45, 2.75) is 44.2 Å². The largest absolute Gasteiger partial charge is 0.399 e. The Bertz CT molecular complexity index is 1580. The lowest BCUT2D eigenvalue weighted by atomic mass is 9.89. The number of piperidine rings is 1. The molecule has 0 N–H and O–H groups in total. The van der Waals surface area contributed by atoms with Gasteiger partial charge in [-0.15, -0.1) is 0 Å². The molecular weight excluding hydrogens is 694 g/mol. The smallest absolute Gasteiger partial charge is 0.320 e. The molecule has 2 aliphatic rings. The average Bonchev–Trinajstić information content (AvgIpc) is 3.07. The first-order valence-corrected chi connectivity index (χ1v) is 17.6. The van der Waals surface area contributed by atoms with Gasteiger partial charge in [0.05, 0.1) is 22.3 Å². The molecule has 0 radical (unpaired) electrons. The molecule has 0 bridgehead atoms. The van der Waals surface area contributed by atoms with Gasteiger partial charge in [-0.05, 0) is 79.8 Å². The number of pyridine rings is 1. The number of carbonyl (C=O) groups excluding carboxylic acids is 2. The van der Waals surface area contributed by atoms with Gasteiger partial charge in [0, 0.05) is 79.7 Å². The van der Waals surface area contributed by atoms with E-state index in [1.165, 1.54) is 7.11 Å². The first-order chi connectivity index (χ1) is 23.1. The summed E-state index contributed by atoms with van der Waals surface area (Å²) >= 11 is 25.1. The zero-order chi connectivity index (χ0) is 34.2. The average molecular weight is 735 g/mol. The van der Waals surface area contributed by atoms with Gasteiger partial charge in [-0.2, -0.15) is 0 Å². The number of aromatic nitrogens is 1. The molecule has 0 saturated carbocycles. The second kappa shape index (κ2) is 17.0. The maximum atomic E-state index is 13.5. The summed E-state index contributed by atoms with van der Waals surface area (Å²) < 4.78 is 0. The molecule has 0 aliphatic carbocycles. The molecule has 1 aromatic heterocycles. The molecule has 1 atom stereocenters. The third-order valence-corrected chi connectivity index (χ3v) is 10.2. The number of rotatable bonds is 12. The van der Waals surface area contributed by atoms with E-state index in [9.17, 15) is 9.59 Å². The van der Waals surface area contributed by atoms with E-state index in [-0.39, 0.29) is 30.4 Å². The highest BCUT2D eigenvalue weighted by Gasteiger charge is 2.34. The van der Waals surface area contributed by atoms with E-state index in [4.69, 9.17) is 51.2 Å². The number of amides is 3. The van der Waals surface area contributed by atoms with Gasteiger partial charge in [0.25, 0.3) is 5.91 Å². The summed E-state index contributed by atoms with van der Waals surface area (Å²) in [5, 5.41) is 6.08. The van der Waals surface area contributed by atoms with Crippen LogP contribution >= 0.6 is 46.4 Å². The van der Waals surface area contributed by atoms with Crippen LogP contribution in [-0.4, -0.2) is 102 Å². The van der Waals surface area contributed by atoms with Crippen molar-refractivity contribution in [3.05, 3.63) is 97.7 Å². The molecule has 256 valence electrons. The summed E-state index contributed by atoms with van der Waals surface area (Å²) in [6.45, 7) is 4.86. The third kappa shape index (κ3) is 9.33. The van der Waals surface area contributed by atoms with Gasteiger partial charge in [-0.3, -0.25) is 9.78 Å². The SMILES string of the molecule is CO/N=C(\CN(C)C(=O)c1cc(Cl)cc(Cl)c1)C(CCN1CCC(N2CCCN(Cc3cccnc3)C2=O)CC1)c1ccc(Cl)c(Cl)c1. The molecule has 13 heteroatoms. The van der Waals surface area contributed by atoms with Gasteiger partial charge in [-0.1, -0.05) is 63.7 Å². The summed E-state index contributed by atoms with van der Waals surface area (Å²) in [6.07, 6.45) is 7.05. The monoisotopic (exact) mass is 732 g/mol. The van der Waals surface area contributed by atoms with Crippen LogP contribution in [0.1, 0.15) is 53.1 Å². The molecule has 2 aliphatic heterocycles. The summed E-state index contributed by atoms with van der Waals surface area (Å²) in [7, 11) is 3.20. The van der Waals surface area contributed by atoms with Crippen molar-refractivity contribution in [1.82, 2.24) is 24.6 Å². The molecule has 3 aromatic rings. The van der Waals surface area contributed by atoms with E-state index in [0.29, 0.717) is 44.3 Å². The predicted molar refractivity (Wildman–Crippen MR) is 193 cm³/mol. The Morgan fingerprint density at radius 2 is 1.77 bits per heavy atom. The molecule has 0 spiro atoms. The summed E-state index contributed by atoms with van der Waals surface area (Å²) in [6, 6.07) is 14.6. The van der Waals surface area contributed by atoms with Crippen molar-refractivity contribution in [3.63, 3.8) is 0 Å². The Morgan fingerprint density at radius 1 is 1.02 bits per heavy atom. The van der Waals surface area contributed by atoms with E-state index in [0.717, 1.165) is 63.1 Å². The minimum Gasteiger partial charge on any atom is -0.399 e. The molecule has 3 amide bonds. The summed E-state index contributed by atoms with van der Waals surface area (Å²) in [5.74, 6) is -0.454. The van der Waals surface area contributed by atoms with Crippen LogP contribution in [0.15, 0.2) is 66.1 Å². The Kier molecular flexibility index (Phi) is 12.8. The number of likely N-dealkylation sites (tertiary alicyclic amines) is 1. The molecule has 9 nitrogen and oxygen atoms in total. The van der Waals surface area contributed by atoms with Crippen LogP contribution in [0.2, 0.25) is 20.1 Å². The number of oxime groups is 1. The lowest BCUT2D eigenvalue weighted by Crippen LogP contribution is -2.55. The van der Waals surface area contributed by atoms with Crippen LogP contribution in [0.3, 0.4) is 0 Å². The van der Waals surface area contributed by atoms with Crippen molar-refractivity contribution < 1.29 is 14.4 Å².